The zero-order valence-corrected chi connectivity index (χ0v) is 9.54. The molecule has 0 unspecified atom stereocenters. The van der Waals surface area contributed by atoms with Gasteiger partial charge in [-0.2, -0.15) is 13.2 Å². The van der Waals surface area contributed by atoms with Crippen LogP contribution in [0, 0.1) is 11.8 Å². The molecule has 1 aromatic rings. The summed E-state index contributed by atoms with van der Waals surface area (Å²) in [4.78, 5) is 3.54. The molecule has 0 aromatic carbocycles. The Morgan fingerprint density at radius 1 is 1.47 bits per heavy atom. The molecule has 0 bridgehead atoms. The standard InChI is InChI=1S/C9H4BrClF3N/c10-3-1-2-8-7(11)4-6(5-15-8)9(12,13)14/h4-5H,3H2. The summed E-state index contributed by atoms with van der Waals surface area (Å²) >= 11 is 8.64. The zero-order valence-electron chi connectivity index (χ0n) is 7.20. The first-order valence-corrected chi connectivity index (χ1v) is 5.22. The second-order valence-corrected chi connectivity index (χ2v) is 3.46. The summed E-state index contributed by atoms with van der Waals surface area (Å²) in [6, 6.07) is 0.812. The van der Waals surface area contributed by atoms with Crippen molar-refractivity contribution < 1.29 is 13.2 Å². The molecule has 15 heavy (non-hydrogen) atoms. The average Bonchev–Trinajstić information content (AvgIpc) is 2.14. The molecule has 1 nitrogen and oxygen atoms in total. The molecule has 80 valence electrons. The van der Waals surface area contributed by atoms with Gasteiger partial charge in [0, 0.05) is 6.20 Å². The van der Waals surface area contributed by atoms with Gasteiger partial charge in [0.25, 0.3) is 0 Å². The van der Waals surface area contributed by atoms with Crippen LogP contribution in [0.2, 0.25) is 5.02 Å². The molecule has 0 saturated heterocycles. The lowest BCUT2D eigenvalue weighted by Gasteiger charge is -2.06. The molecule has 0 spiro atoms. The summed E-state index contributed by atoms with van der Waals surface area (Å²) in [6.45, 7) is 0. The first-order valence-electron chi connectivity index (χ1n) is 3.72. The minimum atomic E-state index is -4.43. The van der Waals surface area contributed by atoms with Crippen LogP contribution in [-0.4, -0.2) is 10.3 Å². The molecule has 0 radical (unpaired) electrons. The van der Waals surface area contributed by atoms with E-state index in [2.05, 4.69) is 32.8 Å². The van der Waals surface area contributed by atoms with Crippen LogP contribution in [0.3, 0.4) is 0 Å². The highest BCUT2D eigenvalue weighted by atomic mass is 79.9. The zero-order chi connectivity index (χ0) is 11.5. The second kappa shape index (κ2) is 4.86. The Bertz CT molecular complexity index is 420. The van der Waals surface area contributed by atoms with Crippen molar-refractivity contribution in [2.75, 3.05) is 5.33 Å². The van der Waals surface area contributed by atoms with Gasteiger partial charge in [-0.25, -0.2) is 4.98 Å². The van der Waals surface area contributed by atoms with Crippen LogP contribution in [0.25, 0.3) is 0 Å². The van der Waals surface area contributed by atoms with Crippen molar-refractivity contribution in [3.63, 3.8) is 0 Å². The lowest BCUT2D eigenvalue weighted by molar-refractivity contribution is -0.137. The lowest BCUT2D eigenvalue weighted by Crippen LogP contribution is -2.05. The van der Waals surface area contributed by atoms with Crippen LogP contribution < -0.4 is 0 Å². The van der Waals surface area contributed by atoms with E-state index in [-0.39, 0.29) is 10.7 Å². The maximum absolute atomic E-state index is 12.2. The van der Waals surface area contributed by atoms with Gasteiger partial charge in [0.05, 0.1) is 15.9 Å². The molecule has 0 aliphatic heterocycles. The molecule has 0 amide bonds. The van der Waals surface area contributed by atoms with Crippen LogP contribution >= 0.6 is 27.5 Å². The van der Waals surface area contributed by atoms with Gasteiger partial charge in [-0.15, -0.1) is 0 Å². The highest BCUT2D eigenvalue weighted by molar-refractivity contribution is 9.09. The summed E-state index contributed by atoms with van der Waals surface area (Å²) in [5, 5.41) is 0.310. The number of hydrogen-bond donors (Lipinski definition) is 0. The third-order valence-electron chi connectivity index (χ3n) is 1.44. The Morgan fingerprint density at radius 3 is 2.60 bits per heavy atom. The lowest BCUT2D eigenvalue weighted by atomic mass is 10.2. The average molecular weight is 298 g/mol. The van der Waals surface area contributed by atoms with Crippen LogP contribution in [0.15, 0.2) is 12.3 Å². The summed E-state index contributed by atoms with van der Waals surface area (Å²) in [5.41, 5.74) is -0.735. The van der Waals surface area contributed by atoms with E-state index in [1.54, 1.807) is 0 Å². The first-order chi connectivity index (χ1) is 6.95. The number of alkyl halides is 4. The summed E-state index contributed by atoms with van der Waals surface area (Å²) < 4.78 is 36.6. The second-order valence-electron chi connectivity index (χ2n) is 2.49. The van der Waals surface area contributed by atoms with E-state index in [9.17, 15) is 13.2 Å². The molecule has 1 rings (SSSR count). The highest BCUT2D eigenvalue weighted by Gasteiger charge is 2.31. The van der Waals surface area contributed by atoms with Crippen LogP contribution in [-0.2, 0) is 6.18 Å². The monoisotopic (exact) mass is 297 g/mol. The van der Waals surface area contributed by atoms with Gasteiger partial charge >= 0.3 is 6.18 Å². The van der Waals surface area contributed by atoms with Crippen molar-refractivity contribution in [2.45, 2.75) is 6.18 Å². The maximum atomic E-state index is 12.2. The molecular formula is C9H4BrClF3N. The molecule has 0 fully saturated rings. The molecule has 6 heteroatoms. The normalized spacial score (nSPS) is 10.7. The molecule has 1 heterocycles. The van der Waals surface area contributed by atoms with Gasteiger partial charge in [0.1, 0.15) is 5.69 Å². The van der Waals surface area contributed by atoms with Crippen LogP contribution in [0.1, 0.15) is 11.3 Å². The van der Waals surface area contributed by atoms with Gasteiger partial charge in [-0.05, 0) is 12.0 Å². The van der Waals surface area contributed by atoms with E-state index in [1.165, 1.54) is 0 Å². The van der Waals surface area contributed by atoms with Gasteiger partial charge in [0.15, 0.2) is 0 Å². The number of rotatable bonds is 0. The maximum Gasteiger partial charge on any atom is 0.417 e. The number of pyridine rings is 1. The van der Waals surface area contributed by atoms with Crippen molar-refractivity contribution in [2.24, 2.45) is 0 Å². The number of hydrogen-bond acceptors (Lipinski definition) is 1. The van der Waals surface area contributed by atoms with E-state index < -0.39 is 11.7 Å². The largest absolute Gasteiger partial charge is 0.417 e. The minimum absolute atomic E-state index is 0.0988. The summed E-state index contributed by atoms with van der Waals surface area (Å²) in [5.74, 6) is 5.14. The Kier molecular flexibility index (Phi) is 4.00. The molecule has 0 saturated carbocycles. The quantitative estimate of drug-likeness (QED) is 0.528. The Labute approximate surface area is 97.8 Å². The predicted octanol–water partition coefficient (Wildman–Crippen LogP) is 3.50. The van der Waals surface area contributed by atoms with E-state index in [0.717, 1.165) is 6.07 Å². The van der Waals surface area contributed by atoms with E-state index in [1.807, 2.05) is 0 Å². The molecule has 1 aromatic heterocycles. The smallest absolute Gasteiger partial charge is 0.246 e. The Balaban J connectivity index is 3.09. The first kappa shape index (κ1) is 12.3. The fourth-order valence-corrected chi connectivity index (χ4v) is 1.16. The van der Waals surface area contributed by atoms with Crippen molar-refractivity contribution in [3.05, 3.63) is 28.5 Å². The fourth-order valence-electron chi connectivity index (χ4n) is 0.802. The SMILES string of the molecule is FC(F)(F)c1cnc(C#CCBr)c(Cl)c1. The number of nitrogens with zero attached hydrogens (tertiary/aromatic N) is 1. The highest BCUT2D eigenvalue weighted by Crippen LogP contribution is 2.30. The number of halogens is 5. The summed E-state index contributed by atoms with van der Waals surface area (Å²) in [7, 11) is 0. The number of aromatic nitrogens is 1. The predicted molar refractivity (Wildman–Crippen MR) is 54.9 cm³/mol. The Morgan fingerprint density at radius 2 is 2.13 bits per heavy atom. The summed E-state index contributed by atoms with van der Waals surface area (Å²) in [6.07, 6.45) is -3.72. The van der Waals surface area contributed by atoms with Gasteiger partial charge < -0.3 is 0 Å². The van der Waals surface area contributed by atoms with Gasteiger partial charge in [0.2, 0.25) is 0 Å². The third-order valence-corrected chi connectivity index (χ3v) is 2.01. The topological polar surface area (TPSA) is 12.9 Å². The van der Waals surface area contributed by atoms with Crippen molar-refractivity contribution in [1.82, 2.24) is 4.98 Å². The third kappa shape index (κ3) is 3.40. The van der Waals surface area contributed by atoms with Crippen molar-refractivity contribution in [1.29, 1.82) is 0 Å². The van der Waals surface area contributed by atoms with Crippen molar-refractivity contribution >= 4 is 27.5 Å². The Hall–Kier alpha value is -0.730. The van der Waals surface area contributed by atoms with E-state index in [0.29, 0.717) is 11.5 Å². The fraction of sp³-hybridized carbons (Fsp3) is 0.222. The molecule has 0 aliphatic carbocycles. The van der Waals surface area contributed by atoms with E-state index in [4.69, 9.17) is 11.6 Å². The van der Waals surface area contributed by atoms with Gasteiger partial charge in [-0.1, -0.05) is 33.5 Å². The van der Waals surface area contributed by atoms with Crippen LogP contribution in [0.4, 0.5) is 13.2 Å². The molecule has 0 N–H and O–H groups in total. The molecule has 0 aliphatic rings. The van der Waals surface area contributed by atoms with Gasteiger partial charge in [-0.3, -0.25) is 0 Å². The molecule has 0 atom stereocenters. The van der Waals surface area contributed by atoms with Crippen LogP contribution in [0.5, 0.6) is 0 Å². The van der Waals surface area contributed by atoms with Crippen molar-refractivity contribution in [3.8, 4) is 11.8 Å². The minimum Gasteiger partial charge on any atom is -0.246 e. The van der Waals surface area contributed by atoms with E-state index >= 15 is 0 Å². The molecular weight excluding hydrogens is 294 g/mol.